The second-order valence-electron chi connectivity index (χ2n) is 5.47. The second-order valence-corrected chi connectivity index (χ2v) is 5.47. The minimum Gasteiger partial charge on any atom is -0.478 e. The first-order valence-corrected chi connectivity index (χ1v) is 6.70. The Morgan fingerprint density at radius 3 is 2.63 bits per heavy atom. The second kappa shape index (κ2) is 5.47. The number of anilines is 2. The van der Waals surface area contributed by atoms with E-state index in [1.54, 1.807) is 0 Å². The molecule has 0 saturated heterocycles. The minimum atomic E-state index is -0.981. The van der Waals surface area contributed by atoms with Crippen molar-refractivity contribution in [2.45, 2.75) is 38.6 Å². The molecule has 1 aromatic rings. The summed E-state index contributed by atoms with van der Waals surface area (Å²) in [5.74, 6) is 0.301. The summed E-state index contributed by atoms with van der Waals surface area (Å²) in [5.41, 5.74) is 6.18. The molecule has 5 heteroatoms. The predicted molar refractivity (Wildman–Crippen MR) is 75.4 cm³/mol. The maximum atomic E-state index is 11.3. The summed E-state index contributed by atoms with van der Waals surface area (Å²) in [6.45, 7) is 2.26. The molecule has 19 heavy (non-hydrogen) atoms. The van der Waals surface area contributed by atoms with E-state index in [0.29, 0.717) is 17.5 Å². The van der Waals surface area contributed by atoms with Crippen molar-refractivity contribution in [3.05, 3.63) is 17.8 Å². The van der Waals surface area contributed by atoms with Gasteiger partial charge in [-0.3, -0.25) is 0 Å². The number of carboxylic acids is 1. The fourth-order valence-electron chi connectivity index (χ4n) is 2.71. The third kappa shape index (κ3) is 2.97. The molecule has 1 aromatic heterocycles. The van der Waals surface area contributed by atoms with E-state index in [-0.39, 0.29) is 5.56 Å². The number of nitrogens with zero attached hydrogens (tertiary/aromatic N) is 2. The van der Waals surface area contributed by atoms with E-state index >= 15 is 0 Å². The van der Waals surface area contributed by atoms with Gasteiger partial charge in [-0.1, -0.05) is 6.92 Å². The Morgan fingerprint density at radius 1 is 1.42 bits per heavy atom. The molecule has 0 spiro atoms. The van der Waals surface area contributed by atoms with E-state index in [1.807, 2.05) is 11.9 Å². The molecule has 0 atom stereocenters. The van der Waals surface area contributed by atoms with Crippen LogP contribution in [0.2, 0.25) is 0 Å². The molecule has 1 fully saturated rings. The summed E-state index contributed by atoms with van der Waals surface area (Å²) >= 11 is 0. The van der Waals surface area contributed by atoms with Crippen LogP contribution in [-0.4, -0.2) is 29.1 Å². The zero-order valence-corrected chi connectivity index (χ0v) is 11.5. The summed E-state index contributed by atoms with van der Waals surface area (Å²) in [4.78, 5) is 17.5. The van der Waals surface area contributed by atoms with Crippen LogP contribution in [0.25, 0.3) is 0 Å². The summed E-state index contributed by atoms with van der Waals surface area (Å²) < 4.78 is 0. The van der Waals surface area contributed by atoms with Crippen LogP contribution in [0.5, 0.6) is 0 Å². The molecule has 0 unspecified atom stereocenters. The molecule has 0 amide bonds. The number of hydrogen-bond acceptors (Lipinski definition) is 4. The summed E-state index contributed by atoms with van der Waals surface area (Å²) in [5, 5.41) is 9.26. The van der Waals surface area contributed by atoms with E-state index in [2.05, 4.69) is 11.9 Å². The Labute approximate surface area is 113 Å². The van der Waals surface area contributed by atoms with Crippen LogP contribution in [0, 0.1) is 5.92 Å². The zero-order valence-electron chi connectivity index (χ0n) is 11.5. The first-order valence-electron chi connectivity index (χ1n) is 6.70. The number of carbonyl (C=O) groups is 1. The molecular weight excluding hydrogens is 242 g/mol. The molecule has 5 nitrogen and oxygen atoms in total. The summed E-state index contributed by atoms with van der Waals surface area (Å²) in [7, 11) is 1.92. The Hall–Kier alpha value is -1.78. The highest BCUT2D eigenvalue weighted by molar-refractivity contribution is 5.94. The molecule has 0 aromatic carbocycles. The van der Waals surface area contributed by atoms with E-state index in [0.717, 1.165) is 18.8 Å². The largest absolute Gasteiger partial charge is 0.478 e. The van der Waals surface area contributed by atoms with Gasteiger partial charge in [-0.15, -0.1) is 0 Å². The molecule has 2 rings (SSSR count). The van der Waals surface area contributed by atoms with Gasteiger partial charge in [0.2, 0.25) is 0 Å². The Bertz CT molecular complexity index is 468. The van der Waals surface area contributed by atoms with Crippen LogP contribution in [0.15, 0.2) is 12.3 Å². The van der Waals surface area contributed by atoms with Crippen molar-refractivity contribution in [2.24, 2.45) is 5.92 Å². The van der Waals surface area contributed by atoms with E-state index in [1.165, 1.54) is 25.1 Å². The van der Waals surface area contributed by atoms with Crippen molar-refractivity contribution < 1.29 is 9.90 Å². The number of carboxylic acid groups (broad SMARTS) is 1. The van der Waals surface area contributed by atoms with Crippen LogP contribution in [0.1, 0.15) is 43.0 Å². The maximum absolute atomic E-state index is 11.3. The lowest BCUT2D eigenvalue weighted by molar-refractivity contribution is 0.0697. The van der Waals surface area contributed by atoms with Crippen LogP contribution in [0.4, 0.5) is 11.5 Å². The van der Waals surface area contributed by atoms with E-state index in [4.69, 9.17) is 5.73 Å². The Kier molecular flexibility index (Phi) is 3.93. The number of nitrogens with two attached hydrogens (primary N) is 1. The van der Waals surface area contributed by atoms with Crippen LogP contribution in [0.3, 0.4) is 0 Å². The first kappa shape index (κ1) is 13.6. The number of rotatable bonds is 3. The quantitative estimate of drug-likeness (QED) is 0.875. The molecule has 104 valence electrons. The van der Waals surface area contributed by atoms with Gasteiger partial charge in [-0.2, -0.15) is 0 Å². The normalized spacial score (nSPS) is 23.1. The number of nitrogen functional groups attached to an aromatic ring is 1. The Balaban J connectivity index is 2.23. The topological polar surface area (TPSA) is 79.5 Å². The lowest BCUT2D eigenvalue weighted by Gasteiger charge is -2.34. The van der Waals surface area contributed by atoms with Gasteiger partial charge in [0, 0.05) is 13.1 Å². The summed E-state index contributed by atoms with van der Waals surface area (Å²) in [6, 6.07) is 1.84. The molecule has 1 aliphatic rings. The smallest absolute Gasteiger partial charge is 0.339 e. The number of hydrogen-bond donors (Lipinski definition) is 2. The van der Waals surface area contributed by atoms with Crippen molar-refractivity contribution >= 4 is 17.5 Å². The Morgan fingerprint density at radius 2 is 2.05 bits per heavy atom. The lowest BCUT2D eigenvalue weighted by Crippen LogP contribution is -2.36. The SMILES string of the molecule is CC1CCC(N(C)c2ncc(N)cc2C(=O)O)CC1. The van der Waals surface area contributed by atoms with Crippen molar-refractivity contribution in [1.29, 1.82) is 0 Å². The monoisotopic (exact) mass is 263 g/mol. The highest BCUT2D eigenvalue weighted by Crippen LogP contribution is 2.30. The molecule has 1 saturated carbocycles. The average molecular weight is 263 g/mol. The molecule has 1 heterocycles. The predicted octanol–water partition coefficient (Wildman–Crippen LogP) is 2.38. The number of pyridine rings is 1. The van der Waals surface area contributed by atoms with Gasteiger partial charge in [0.15, 0.2) is 0 Å². The van der Waals surface area contributed by atoms with Gasteiger partial charge in [-0.25, -0.2) is 9.78 Å². The van der Waals surface area contributed by atoms with Crippen molar-refractivity contribution in [3.8, 4) is 0 Å². The summed E-state index contributed by atoms with van der Waals surface area (Å²) in [6.07, 6.45) is 6.06. The molecule has 1 aliphatic carbocycles. The first-order chi connectivity index (χ1) is 8.99. The highest BCUT2D eigenvalue weighted by Gasteiger charge is 2.25. The van der Waals surface area contributed by atoms with Gasteiger partial charge in [0.05, 0.1) is 11.9 Å². The van der Waals surface area contributed by atoms with Crippen molar-refractivity contribution in [3.63, 3.8) is 0 Å². The highest BCUT2D eigenvalue weighted by atomic mass is 16.4. The zero-order chi connectivity index (χ0) is 14.0. The van der Waals surface area contributed by atoms with Crippen LogP contribution >= 0.6 is 0 Å². The molecule has 0 aliphatic heterocycles. The third-order valence-corrected chi connectivity index (χ3v) is 3.99. The lowest BCUT2D eigenvalue weighted by atomic mass is 9.86. The van der Waals surface area contributed by atoms with E-state index in [9.17, 15) is 9.90 Å². The molecule has 0 bridgehead atoms. The van der Waals surface area contributed by atoms with Gasteiger partial charge in [0.25, 0.3) is 0 Å². The van der Waals surface area contributed by atoms with Crippen LogP contribution in [-0.2, 0) is 0 Å². The van der Waals surface area contributed by atoms with Crippen LogP contribution < -0.4 is 10.6 Å². The number of aromatic carboxylic acids is 1. The molecular formula is C14H21N3O2. The third-order valence-electron chi connectivity index (χ3n) is 3.99. The van der Waals surface area contributed by atoms with Gasteiger partial charge in [0.1, 0.15) is 11.4 Å². The maximum Gasteiger partial charge on any atom is 0.339 e. The number of aromatic nitrogens is 1. The molecule has 3 N–H and O–H groups in total. The fraction of sp³-hybridized carbons (Fsp3) is 0.571. The average Bonchev–Trinajstić information content (AvgIpc) is 2.38. The fourth-order valence-corrected chi connectivity index (χ4v) is 2.71. The minimum absolute atomic E-state index is 0.182. The van der Waals surface area contributed by atoms with Gasteiger partial charge >= 0.3 is 5.97 Å². The van der Waals surface area contributed by atoms with Gasteiger partial charge in [-0.05, 0) is 37.7 Å². The van der Waals surface area contributed by atoms with E-state index < -0.39 is 5.97 Å². The molecule has 0 radical (unpaired) electrons. The van der Waals surface area contributed by atoms with Crippen molar-refractivity contribution in [2.75, 3.05) is 17.7 Å². The van der Waals surface area contributed by atoms with Gasteiger partial charge < -0.3 is 15.7 Å². The van der Waals surface area contributed by atoms with Crippen molar-refractivity contribution in [1.82, 2.24) is 4.98 Å². The standard InChI is InChI=1S/C14H21N3O2/c1-9-3-5-11(6-4-9)17(2)13-12(14(18)19)7-10(15)8-16-13/h7-9,11H,3-6,15H2,1-2H3,(H,18,19).